The average Bonchev–Trinajstić information content (AvgIpc) is 3.60. The normalized spacial score (nSPS) is 14.5. The van der Waals surface area contributed by atoms with E-state index in [9.17, 15) is 14.4 Å². The molecule has 1 aliphatic heterocycles. The Balaban J connectivity index is 1.32. The molecule has 40 heavy (non-hydrogen) atoms. The maximum Gasteiger partial charge on any atom is 0.302 e. The van der Waals surface area contributed by atoms with Gasteiger partial charge in [-0.3, -0.25) is 19.1 Å². The zero-order valence-corrected chi connectivity index (χ0v) is 23.0. The summed E-state index contributed by atoms with van der Waals surface area (Å²) in [7, 11) is 1.68. The van der Waals surface area contributed by atoms with E-state index in [0.717, 1.165) is 35.4 Å². The van der Waals surface area contributed by atoms with Crippen LogP contribution in [-0.4, -0.2) is 54.1 Å². The van der Waals surface area contributed by atoms with E-state index in [4.69, 9.17) is 19.3 Å². The molecule has 1 fully saturated rings. The number of rotatable bonds is 11. The quantitative estimate of drug-likeness (QED) is 0.367. The number of carbonyl (C=O) groups is 3. The summed E-state index contributed by atoms with van der Waals surface area (Å²) in [5, 5.41) is 7.72. The van der Waals surface area contributed by atoms with Crippen molar-refractivity contribution in [2.45, 2.75) is 58.0 Å². The fraction of sp³-hybridized carbons (Fsp3) is 0.400. The predicted molar refractivity (Wildman–Crippen MR) is 147 cm³/mol. The molecule has 10 heteroatoms. The molecule has 2 aliphatic rings. The Morgan fingerprint density at radius 3 is 2.60 bits per heavy atom. The van der Waals surface area contributed by atoms with E-state index in [1.807, 2.05) is 37.3 Å². The van der Waals surface area contributed by atoms with E-state index in [1.54, 1.807) is 29.9 Å². The Morgan fingerprint density at radius 2 is 1.88 bits per heavy atom. The molecule has 0 saturated heterocycles. The molecule has 210 valence electrons. The van der Waals surface area contributed by atoms with E-state index in [-0.39, 0.29) is 37.7 Å². The highest BCUT2D eigenvalue weighted by Gasteiger charge is 2.32. The molecule has 3 aromatic rings. The van der Waals surface area contributed by atoms with Crippen LogP contribution in [0.2, 0.25) is 0 Å². The van der Waals surface area contributed by atoms with Crippen LogP contribution in [0.15, 0.2) is 48.5 Å². The van der Waals surface area contributed by atoms with E-state index in [1.165, 1.54) is 11.8 Å². The van der Waals surface area contributed by atoms with Crippen molar-refractivity contribution in [2.24, 2.45) is 0 Å². The van der Waals surface area contributed by atoms with Gasteiger partial charge in [0.15, 0.2) is 11.5 Å². The van der Waals surface area contributed by atoms with Gasteiger partial charge in [-0.25, -0.2) is 0 Å². The number of ether oxygens (including phenoxy) is 3. The third-order valence-electron chi connectivity index (χ3n) is 7.27. The molecule has 1 aromatic heterocycles. The zero-order valence-electron chi connectivity index (χ0n) is 23.0. The number of nitrogens with one attached hydrogen (secondary N) is 1. The SMILES string of the molecule is CC(=O)OCCc1c(C2CC2)nn(CC(=O)NC(Cc2ccccc2)C(=O)N(C)c2ccc3c(c2)OCO3)c1C. The maximum absolute atomic E-state index is 13.7. The van der Waals surface area contributed by atoms with Crippen molar-refractivity contribution in [3.8, 4) is 11.5 Å². The van der Waals surface area contributed by atoms with Crippen LogP contribution in [0.25, 0.3) is 0 Å². The first-order valence-electron chi connectivity index (χ1n) is 13.5. The van der Waals surface area contributed by atoms with Gasteiger partial charge in [-0.05, 0) is 43.0 Å². The molecule has 1 atom stereocenters. The van der Waals surface area contributed by atoms with Gasteiger partial charge >= 0.3 is 5.97 Å². The second kappa shape index (κ2) is 11.8. The smallest absolute Gasteiger partial charge is 0.302 e. The molecule has 1 aliphatic carbocycles. The minimum absolute atomic E-state index is 0.0224. The number of hydrogen-bond donors (Lipinski definition) is 1. The Morgan fingerprint density at radius 1 is 1.12 bits per heavy atom. The van der Waals surface area contributed by atoms with Gasteiger partial charge in [0, 0.05) is 50.2 Å². The summed E-state index contributed by atoms with van der Waals surface area (Å²) in [6.45, 7) is 3.71. The molecular weight excluding hydrogens is 512 g/mol. The van der Waals surface area contributed by atoms with Gasteiger partial charge < -0.3 is 24.4 Å². The molecule has 1 N–H and O–H groups in total. The van der Waals surface area contributed by atoms with Gasteiger partial charge in [-0.15, -0.1) is 0 Å². The lowest BCUT2D eigenvalue weighted by Crippen LogP contribution is -2.49. The van der Waals surface area contributed by atoms with E-state index < -0.39 is 6.04 Å². The summed E-state index contributed by atoms with van der Waals surface area (Å²) in [6, 6.07) is 14.1. The first-order valence-corrected chi connectivity index (χ1v) is 13.5. The van der Waals surface area contributed by atoms with Crippen molar-refractivity contribution in [1.29, 1.82) is 0 Å². The third-order valence-corrected chi connectivity index (χ3v) is 7.27. The molecule has 1 saturated carbocycles. The van der Waals surface area contributed by atoms with Gasteiger partial charge in [0.1, 0.15) is 12.6 Å². The molecule has 2 heterocycles. The predicted octanol–water partition coefficient (Wildman–Crippen LogP) is 3.29. The monoisotopic (exact) mass is 546 g/mol. The lowest BCUT2D eigenvalue weighted by molar-refractivity contribution is -0.140. The summed E-state index contributed by atoms with van der Waals surface area (Å²) < 4.78 is 17.7. The number of anilines is 1. The van der Waals surface area contributed by atoms with Crippen molar-refractivity contribution in [3.05, 3.63) is 71.0 Å². The van der Waals surface area contributed by atoms with Crippen LogP contribution in [-0.2, 0) is 38.5 Å². The summed E-state index contributed by atoms with van der Waals surface area (Å²) in [4.78, 5) is 39.8. The Kier molecular flexibility index (Phi) is 8.04. The maximum atomic E-state index is 13.7. The highest BCUT2D eigenvalue weighted by molar-refractivity contribution is 5.99. The number of esters is 1. The highest BCUT2D eigenvalue weighted by Crippen LogP contribution is 2.41. The fourth-order valence-corrected chi connectivity index (χ4v) is 4.93. The van der Waals surface area contributed by atoms with E-state index >= 15 is 0 Å². The molecular formula is C30H34N4O6. The van der Waals surface area contributed by atoms with Gasteiger partial charge in [0.25, 0.3) is 0 Å². The summed E-state index contributed by atoms with van der Waals surface area (Å²) in [5.41, 5.74) is 4.43. The minimum atomic E-state index is -0.799. The first kappa shape index (κ1) is 27.2. The van der Waals surface area contributed by atoms with Gasteiger partial charge in [0.05, 0.1) is 12.3 Å². The minimum Gasteiger partial charge on any atom is -0.466 e. The number of fused-ring (bicyclic) bond motifs is 1. The van der Waals surface area contributed by atoms with E-state index in [2.05, 4.69) is 5.32 Å². The van der Waals surface area contributed by atoms with Crippen LogP contribution < -0.4 is 19.7 Å². The number of benzene rings is 2. The zero-order chi connectivity index (χ0) is 28.2. The molecule has 0 spiro atoms. The lowest BCUT2D eigenvalue weighted by Gasteiger charge is -2.25. The molecule has 0 bridgehead atoms. The number of likely N-dealkylation sites (N-methyl/N-ethyl adjacent to an activating group) is 1. The number of aromatic nitrogens is 2. The number of carbonyl (C=O) groups excluding carboxylic acids is 3. The molecule has 5 rings (SSSR count). The summed E-state index contributed by atoms with van der Waals surface area (Å²) in [5.74, 6) is 0.689. The van der Waals surface area contributed by atoms with Crippen molar-refractivity contribution >= 4 is 23.5 Å². The topological polar surface area (TPSA) is 112 Å². The molecule has 0 radical (unpaired) electrons. The number of nitrogens with zero attached hydrogens (tertiary/aromatic N) is 3. The van der Waals surface area contributed by atoms with Crippen molar-refractivity contribution < 1.29 is 28.6 Å². The lowest BCUT2D eigenvalue weighted by atomic mass is 10.0. The Labute approximate surface area is 233 Å². The number of hydrogen-bond acceptors (Lipinski definition) is 7. The highest BCUT2D eigenvalue weighted by atomic mass is 16.7. The van der Waals surface area contributed by atoms with Crippen molar-refractivity contribution in [3.63, 3.8) is 0 Å². The molecule has 1 unspecified atom stereocenters. The van der Waals surface area contributed by atoms with Crippen molar-refractivity contribution in [1.82, 2.24) is 15.1 Å². The van der Waals surface area contributed by atoms with E-state index in [0.29, 0.717) is 35.9 Å². The van der Waals surface area contributed by atoms with Crippen LogP contribution in [0, 0.1) is 6.92 Å². The fourth-order valence-electron chi connectivity index (χ4n) is 4.93. The first-order chi connectivity index (χ1) is 19.3. The molecule has 10 nitrogen and oxygen atoms in total. The van der Waals surface area contributed by atoms with Gasteiger partial charge in [-0.1, -0.05) is 30.3 Å². The largest absolute Gasteiger partial charge is 0.466 e. The average molecular weight is 547 g/mol. The van der Waals surface area contributed by atoms with Crippen LogP contribution in [0.4, 0.5) is 5.69 Å². The van der Waals surface area contributed by atoms with Crippen LogP contribution >= 0.6 is 0 Å². The Hall–Kier alpha value is -4.34. The van der Waals surface area contributed by atoms with Gasteiger partial charge in [0.2, 0.25) is 18.6 Å². The standard InChI is InChI=1S/C30H34N4O6/c1-19-24(13-14-38-20(2)35)29(22-9-10-22)32-34(19)17-28(36)31-25(15-21-7-5-4-6-8-21)30(37)33(3)23-11-12-26-27(16-23)40-18-39-26/h4-8,11-12,16,22,25H,9-10,13-15,17-18H2,1-3H3,(H,31,36). The second-order valence-electron chi connectivity index (χ2n) is 10.2. The van der Waals surface area contributed by atoms with Crippen molar-refractivity contribution in [2.75, 3.05) is 25.3 Å². The van der Waals surface area contributed by atoms with Crippen LogP contribution in [0.5, 0.6) is 11.5 Å². The summed E-state index contributed by atoms with van der Waals surface area (Å²) in [6.07, 6.45) is 3.00. The molecule has 2 amide bonds. The van der Waals surface area contributed by atoms with Crippen LogP contribution in [0.1, 0.15) is 48.2 Å². The summed E-state index contributed by atoms with van der Waals surface area (Å²) >= 11 is 0. The van der Waals surface area contributed by atoms with Gasteiger partial charge in [-0.2, -0.15) is 5.10 Å². The third kappa shape index (κ3) is 6.27. The Bertz CT molecular complexity index is 1400. The van der Waals surface area contributed by atoms with Crippen LogP contribution in [0.3, 0.4) is 0 Å². The number of amides is 2. The second-order valence-corrected chi connectivity index (χ2v) is 10.2. The molecule has 2 aromatic carbocycles.